The van der Waals surface area contributed by atoms with Crippen LogP contribution in [0.3, 0.4) is 0 Å². The summed E-state index contributed by atoms with van der Waals surface area (Å²) in [4.78, 5) is 22.4. The summed E-state index contributed by atoms with van der Waals surface area (Å²) in [5.74, 6) is 1.54. The zero-order valence-electron chi connectivity index (χ0n) is 14.9. The van der Waals surface area contributed by atoms with Crippen LogP contribution in [0.2, 0.25) is 5.02 Å². The minimum Gasteiger partial charge on any atom is -0.454 e. The van der Waals surface area contributed by atoms with Crippen LogP contribution in [0.1, 0.15) is 10.4 Å². The number of halogens is 1. The van der Waals surface area contributed by atoms with Gasteiger partial charge in [0.25, 0.3) is 0 Å². The van der Waals surface area contributed by atoms with Gasteiger partial charge in [0.15, 0.2) is 17.3 Å². The van der Waals surface area contributed by atoms with Crippen molar-refractivity contribution in [3.05, 3.63) is 64.8 Å². The van der Waals surface area contributed by atoms with Gasteiger partial charge in [0, 0.05) is 21.5 Å². The third kappa shape index (κ3) is 3.57. The molecule has 0 spiro atoms. The highest BCUT2D eigenvalue weighted by Crippen LogP contribution is 2.38. The molecular weight excluding hydrogens is 428 g/mol. The van der Waals surface area contributed by atoms with Gasteiger partial charge in [-0.3, -0.25) is 4.79 Å². The van der Waals surface area contributed by atoms with Crippen LogP contribution in [0.4, 0.5) is 0 Å². The quantitative estimate of drug-likeness (QED) is 0.225. The number of Topliss-reactive ketones (excluding diaryl/α,β-unsaturated/α-hetero) is 1. The summed E-state index contributed by atoms with van der Waals surface area (Å²) in [5.41, 5.74) is 2.68. The van der Waals surface area contributed by atoms with E-state index in [1.54, 1.807) is 29.5 Å². The monoisotopic (exact) mass is 440 g/mol. The Kier molecular flexibility index (Phi) is 4.87. The Morgan fingerprint density at radius 2 is 1.93 bits per heavy atom. The fraction of sp³-hybridized carbons (Fsp3) is 0.0952. The number of aromatic nitrogens is 2. The number of hydrogen-bond acceptors (Lipinski definition) is 7. The molecule has 8 heteroatoms. The lowest BCUT2D eigenvalue weighted by Gasteiger charge is -2.06. The zero-order valence-corrected chi connectivity index (χ0v) is 17.3. The van der Waals surface area contributed by atoms with E-state index in [0.29, 0.717) is 22.1 Å². The van der Waals surface area contributed by atoms with Crippen molar-refractivity contribution in [2.75, 3.05) is 12.5 Å². The molecule has 0 N–H and O–H groups in total. The van der Waals surface area contributed by atoms with Crippen LogP contribution in [0.5, 0.6) is 11.5 Å². The first-order valence-corrected chi connectivity index (χ1v) is 11.0. The number of hydrogen-bond donors (Lipinski definition) is 0. The third-order valence-corrected chi connectivity index (χ3v) is 6.65. The van der Waals surface area contributed by atoms with Gasteiger partial charge in [-0.15, -0.1) is 11.3 Å². The van der Waals surface area contributed by atoms with E-state index in [1.165, 1.54) is 18.1 Å². The van der Waals surface area contributed by atoms with E-state index in [4.69, 9.17) is 21.1 Å². The molecule has 0 saturated carbocycles. The second-order valence-electron chi connectivity index (χ2n) is 6.30. The predicted molar refractivity (Wildman–Crippen MR) is 115 cm³/mol. The van der Waals surface area contributed by atoms with Gasteiger partial charge in [0.1, 0.15) is 16.2 Å². The van der Waals surface area contributed by atoms with Crippen molar-refractivity contribution in [1.29, 1.82) is 0 Å². The van der Waals surface area contributed by atoms with E-state index in [9.17, 15) is 4.79 Å². The molecule has 0 fully saturated rings. The lowest BCUT2D eigenvalue weighted by atomic mass is 10.1. The molecule has 3 heterocycles. The summed E-state index contributed by atoms with van der Waals surface area (Å²) in [7, 11) is 0. The second-order valence-corrected chi connectivity index (χ2v) is 8.55. The van der Waals surface area contributed by atoms with Gasteiger partial charge >= 0.3 is 0 Å². The molecule has 29 heavy (non-hydrogen) atoms. The number of benzene rings is 2. The number of fused-ring (bicyclic) bond motifs is 2. The fourth-order valence-corrected chi connectivity index (χ4v) is 5.10. The van der Waals surface area contributed by atoms with Crippen LogP contribution in [-0.2, 0) is 0 Å². The molecule has 5 nitrogen and oxygen atoms in total. The summed E-state index contributed by atoms with van der Waals surface area (Å²) in [5, 5.41) is 4.50. The molecule has 0 unspecified atom stereocenters. The second kappa shape index (κ2) is 7.67. The number of carbonyl (C=O) groups is 1. The summed E-state index contributed by atoms with van der Waals surface area (Å²) in [6.45, 7) is 0.187. The topological polar surface area (TPSA) is 61.3 Å². The first-order valence-electron chi connectivity index (χ1n) is 8.73. The zero-order chi connectivity index (χ0) is 19.8. The summed E-state index contributed by atoms with van der Waals surface area (Å²) < 4.78 is 10.7. The van der Waals surface area contributed by atoms with Crippen LogP contribution in [-0.4, -0.2) is 28.3 Å². The Balaban J connectivity index is 1.42. The van der Waals surface area contributed by atoms with Crippen LogP contribution < -0.4 is 9.47 Å². The van der Waals surface area contributed by atoms with E-state index in [2.05, 4.69) is 15.3 Å². The molecule has 0 saturated heterocycles. The minimum atomic E-state index is 0.00309. The minimum absolute atomic E-state index is 0.00309. The molecule has 1 aliphatic rings. The molecule has 0 atom stereocenters. The Morgan fingerprint density at radius 3 is 2.79 bits per heavy atom. The van der Waals surface area contributed by atoms with Crippen molar-refractivity contribution in [1.82, 2.24) is 9.97 Å². The molecular formula is C21H13ClN2O3S2. The van der Waals surface area contributed by atoms with Crippen molar-refractivity contribution in [2.45, 2.75) is 5.03 Å². The van der Waals surface area contributed by atoms with E-state index in [1.807, 2.05) is 24.3 Å². The van der Waals surface area contributed by atoms with Gasteiger partial charge in [-0.05, 0) is 35.9 Å². The third-order valence-electron chi connectivity index (χ3n) is 4.53. The maximum atomic E-state index is 12.7. The van der Waals surface area contributed by atoms with Gasteiger partial charge in [-0.2, -0.15) is 0 Å². The molecule has 5 rings (SSSR count). The molecule has 0 aliphatic carbocycles. The van der Waals surface area contributed by atoms with Gasteiger partial charge in [0.2, 0.25) is 6.79 Å². The average Bonchev–Trinajstić information content (AvgIpc) is 3.39. The largest absolute Gasteiger partial charge is 0.454 e. The summed E-state index contributed by atoms with van der Waals surface area (Å²) >= 11 is 8.99. The number of ether oxygens (including phenoxy) is 2. The molecule has 4 aromatic rings. The van der Waals surface area contributed by atoms with Gasteiger partial charge < -0.3 is 9.47 Å². The number of thioether (sulfide) groups is 1. The maximum Gasteiger partial charge on any atom is 0.231 e. The Labute approximate surface area is 179 Å². The van der Waals surface area contributed by atoms with E-state index in [-0.39, 0.29) is 18.3 Å². The number of thiophene rings is 1. The average molecular weight is 441 g/mol. The van der Waals surface area contributed by atoms with E-state index < -0.39 is 0 Å². The van der Waals surface area contributed by atoms with Crippen molar-refractivity contribution < 1.29 is 14.3 Å². The van der Waals surface area contributed by atoms with Crippen LogP contribution >= 0.6 is 34.7 Å². The summed E-state index contributed by atoms with van der Waals surface area (Å²) in [6.07, 6.45) is 1.54. The molecule has 2 aromatic heterocycles. The van der Waals surface area contributed by atoms with Crippen molar-refractivity contribution in [2.24, 2.45) is 0 Å². The van der Waals surface area contributed by atoms with E-state index in [0.717, 1.165) is 26.4 Å². The molecule has 2 aromatic carbocycles. The SMILES string of the molecule is O=C(CSc1ncnc2scc(-c3ccc(Cl)cc3)c12)c1ccc2c(c1)OCO2. The standard InChI is InChI=1S/C21H13ClN2O3S2/c22-14-4-1-12(2-5-14)15-8-28-20-19(15)21(24-10-23-20)29-9-16(25)13-3-6-17-18(7-13)27-11-26-17/h1-8,10H,9,11H2. The van der Waals surface area contributed by atoms with Crippen LogP contribution in [0, 0.1) is 0 Å². The van der Waals surface area contributed by atoms with Crippen LogP contribution in [0.25, 0.3) is 21.3 Å². The molecule has 0 radical (unpaired) electrons. The highest BCUT2D eigenvalue weighted by Gasteiger charge is 2.18. The molecule has 144 valence electrons. The normalized spacial score (nSPS) is 12.4. The highest BCUT2D eigenvalue weighted by atomic mass is 35.5. The predicted octanol–water partition coefficient (Wildman–Crippen LogP) is 5.72. The van der Waals surface area contributed by atoms with Gasteiger partial charge in [-0.1, -0.05) is 35.5 Å². The lowest BCUT2D eigenvalue weighted by molar-refractivity contribution is 0.102. The number of rotatable bonds is 5. The van der Waals surface area contributed by atoms with Crippen molar-refractivity contribution in [3.63, 3.8) is 0 Å². The lowest BCUT2D eigenvalue weighted by Crippen LogP contribution is -2.02. The molecule has 0 bridgehead atoms. The van der Waals surface area contributed by atoms with Crippen LogP contribution in [0.15, 0.2) is 59.2 Å². The number of carbonyl (C=O) groups excluding carboxylic acids is 1. The first kappa shape index (κ1) is 18.4. The Bertz CT molecular complexity index is 1220. The fourth-order valence-electron chi connectivity index (χ4n) is 3.09. The highest BCUT2D eigenvalue weighted by molar-refractivity contribution is 8.00. The molecule has 0 amide bonds. The maximum absolute atomic E-state index is 12.7. The number of nitrogens with zero attached hydrogens (tertiary/aromatic N) is 2. The first-order chi connectivity index (χ1) is 14.2. The molecule has 1 aliphatic heterocycles. The van der Waals surface area contributed by atoms with E-state index >= 15 is 0 Å². The Hall–Kier alpha value is -2.61. The van der Waals surface area contributed by atoms with Crippen molar-refractivity contribution in [3.8, 4) is 22.6 Å². The van der Waals surface area contributed by atoms with Gasteiger partial charge in [-0.25, -0.2) is 9.97 Å². The Morgan fingerprint density at radius 1 is 1.10 bits per heavy atom. The smallest absolute Gasteiger partial charge is 0.231 e. The number of ketones is 1. The van der Waals surface area contributed by atoms with Gasteiger partial charge in [0.05, 0.1) is 11.1 Å². The van der Waals surface area contributed by atoms with Crippen molar-refractivity contribution >= 4 is 50.7 Å². The summed E-state index contributed by atoms with van der Waals surface area (Å²) in [6, 6.07) is 12.9.